The van der Waals surface area contributed by atoms with Crippen LogP contribution in [0, 0.1) is 11.8 Å². The van der Waals surface area contributed by atoms with Gasteiger partial charge in [-0.1, -0.05) is 32.6 Å². The molecule has 3 rings (SSSR count). The lowest BCUT2D eigenvalue weighted by Crippen LogP contribution is -2.57. The van der Waals surface area contributed by atoms with Crippen LogP contribution in [-0.4, -0.2) is 91.1 Å². The van der Waals surface area contributed by atoms with Crippen molar-refractivity contribution in [2.75, 3.05) is 51.2 Å². The van der Waals surface area contributed by atoms with Crippen molar-refractivity contribution >= 4 is 30.0 Å². The summed E-state index contributed by atoms with van der Waals surface area (Å²) >= 11 is 0. The molecule has 0 aliphatic carbocycles. The van der Waals surface area contributed by atoms with Crippen molar-refractivity contribution in [2.45, 2.75) is 64.3 Å². The predicted octanol–water partition coefficient (Wildman–Crippen LogP) is 3.55. The lowest BCUT2D eigenvalue weighted by Gasteiger charge is -2.35. The van der Waals surface area contributed by atoms with Gasteiger partial charge in [0.1, 0.15) is 18.1 Å². The third-order valence-electron chi connectivity index (χ3n) is 7.69. The summed E-state index contributed by atoms with van der Waals surface area (Å²) in [4.78, 5) is 52.4. The summed E-state index contributed by atoms with van der Waals surface area (Å²) in [5, 5.41) is 18.4. The molecule has 2 atom stereocenters. The maximum absolute atomic E-state index is 12.9. The van der Waals surface area contributed by atoms with Crippen molar-refractivity contribution < 1.29 is 29.0 Å². The van der Waals surface area contributed by atoms with E-state index >= 15 is 0 Å². The summed E-state index contributed by atoms with van der Waals surface area (Å²) in [5.74, 6) is -0.998. The molecule has 2 fully saturated rings. The van der Waals surface area contributed by atoms with E-state index in [0.717, 1.165) is 44.5 Å². The summed E-state index contributed by atoms with van der Waals surface area (Å²) < 4.78 is 5.77. The van der Waals surface area contributed by atoms with Crippen molar-refractivity contribution in [3.05, 3.63) is 24.3 Å². The number of benzene rings is 1. The highest BCUT2D eigenvalue weighted by molar-refractivity contribution is 5.90. The summed E-state index contributed by atoms with van der Waals surface area (Å²) in [6.07, 6.45) is 8.73. The molecule has 11 nitrogen and oxygen atoms in total. The molecule has 1 aromatic rings. The molecule has 11 heteroatoms. The molecule has 0 bridgehead atoms. The lowest BCUT2D eigenvalue weighted by molar-refractivity contribution is -0.142. The molecule has 4 N–H and O–H groups in total. The van der Waals surface area contributed by atoms with Gasteiger partial charge in [-0.05, 0) is 69.0 Å². The monoisotopic (exact) mass is 559 g/mol. The minimum Gasteiger partial charge on any atom is -0.494 e. The number of amides is 4. The fourth-order valence-corrected chi connectivity index (χ4v) is 5.19. The average molecular weight is 560 g/mol. The zero-order chi connectivity index (χ0) is 28.7. The summed E-state index contributed by atoms with van der Waals surface area (Å²) in [7, 11) is 0. The minimum absolute atomic E-state index is 0.251. The Morgan fingerprint density at radius 2 is 1.62 bits per heavy atom. The first-order chi connectivity index (χ1) is 19.4. The first-order valence-electron chi connectivity index (χ1n) is 14.6. The van der Waals surface area contributed by atoms with Gasteiger partial charge in [-0.2, -0.15) is 0 Å². The number of carboxylic acid groups (broad SMARTS) is 1. The van der Waals surface area contributed by atoms with Gasteiger partial charge < -0.3 is 40.4 Å². The van der Waals surface area contributed by atoms with Crippen LogP contribution in [0.2, 0.25) is 0 Å². The third kappa shape index (κ3) is 10.0. The highest BCUT2D eigenvalue weighted by Gasteiger charge is 2.34. The van der Waals surface area contributed by atoms with Gasteiger partial charge in [-0.25, -0.2) is 14.4 Å². The van der Waals surface area contributed by atoms with Crippen molar-refractivity contribution in [3.8, 4) is 5.75 Å². The number of carbonyl (C=O) groups excluding carboxylic acids is 3. The number of anilines is 1. The number of urea groups is 2. The summed E-state index contributed by atoms with van der Waals surface area (Å²) in [6.45, 7) is 5.69. The topological polar surface area (TPSA) is 140 Å². The molecule has 2 heterocycles. The fourth-order valence-electron chi connectivity index (χ4n) is 5.19. The van der Waals surface area contributed by atoms with Crippen molar-refractivity contribution in [2.24, 2.45) is 11.8 Å². The molecule has 0 spiro atoms. The van der Waals surface area contributed by atoms with Gasteiger partial charge in [-0.15, -0.1) is 0 Å². The first kappa shape index (κ1) is 31.2. The van der Waals surface area contributed by atoms with Gasteiger partial charge in [0.05, 0.1) is 6.61 Å². The molecule has 40 heavy (non-hydrogen) atoms. The van der Waals surface area contributed by atoms with Crippen LogP contribution >= 0.6 is 0 Å². The molecule has 2 saturated heterocycles. The van der Waals surface area contributed by atoms with E-state index in [0.29, 0.717) is 38.1 Å². The van der Waals surface area contributed by atoms with E-state index in [9.17, 15) is 24.3 Å². The van der Waals surface area contributed by atoms with Crippen LogP contribution in [0.4, 0.5) is 15.3 Å². The number of hydrogen-bond donors (Lipinski definition) is 4. The van der Waals surface area contributed by atoms with Gasteiger partial charge in [-0.3, -0.25) is 0 Å². The number of hydrogen-bond acceptors (Lipinski definition) is 6. The van der Waals surface area contributed by atoms with Gasteiger partial charge in [0.2, 0.25) is 0 Å². The van der Waals surface area contributed by atoms with Crippen molar-refractivity contribution in [3.63, 3.8) is 0 Å². The zero-order valence-electron chi connectivity index (χ0n) is 23.6. The predicted molar refractivity (Wildman–Crippen MR) is 153 cm³/mol. The van der Waals surface area contributed by atoms with Crippen molar-refractivity contribution in [1.29, 1.82) is 0 Å². The van der Waals surface area contributed by atoms with Crippen LogP contribution in [0.5, 0.6) is 5.75 Å². The molecule has 2 aliphatic heterocycles. The molecule has 222 valence electrons. The van der Waals surface area contributed by atoms with E-state index in [1.165, 1.54) is 24.2 Å². The maximum atomic E-state index is 12.9. The van der Waals surface area contributed by atoms with Crippen LogP contribution in [0.1, 0.15) is 58.3 Å². The SMILES string of the molecule is CCCCCCCOc1ccc(NC(=O)N2CCN(C(=O)N[C@H](C(=O)O)[C@H](C=O)CC3CCNCC3)CC2)cc1. The second-order valence-electron chi connectivity index (χ2n) is 10.7. The molecule has 0 radical (unpaired) electrons. The molecular weight excluding hydrogens is 514 g/mol. The van der Waals surface area contributed by atoms with E-state index in [1.54, 1.807) is 17.0 Å². The molecule has 1 aromatic carbocycles. The number of carbonyl (C=O) groups is 4. The number of aldehydes is 1. The highest BCUT2D eigenvalue weighted by Crippen LogP contribution is 2.23. The molecular formula is C29H45N5O6. The van der Waals surface area contributed by atoms with Gasteiger partial charge in [0, 0.05) is 37.8 Å². The highest BCUT2D eigenvalue weighted by atomic mass is 16.5. The number of ether oxygens (including phenoxy) is 1. The third-order valence-corrected chi connectivity index (χ3v) is 7.69. The minimum atomic E-state index is -1.28. The Bertz CT molecular complexity index is 945. The van der Waals surface area contributed by atoms with E-state index in [2.05, 4.69) is 22.9 Å². The second kappa shape index (κ2) is 16.7. The number of nitrogens with one attached hydrogen (secondary N) is 3. The maximum Gasteiger partial charge on any atom is 0.327 e. The summed E-state index contributed by atoms with van der Waals surface area (Å²) in [6, 6.07) is 5.18. The zero-order valence-corrected chi connectivity index (χ0v) is 23.6. The van der Waals surface area contributed by atoms with Crippen LogP contribution in [0.3, 0.4) is 0 Å². The molecule has 0 aromatic heterocycles. The van der Waals surface area contributed by atoms with E-state index < -0.39 is 24.0 Å². The number of unbranched alkanes of at least 4 members (excludes halogenated alkanes) is 4. The Hall–Kier alpha value is -3.34. The standard InChI is InChI=1S/C29H45N5O6/c1-2-3-4-5-6-19-40-25-9-7-24(8-10-25)31-28(38)33-15-17-34(18-16-33)29(39)32-26(27(36)37)23(21-35)20-22-11-13-30-14-12-22/h7-10,21-23,26,30H,2-6,11-20H2,1H3,(H,31,38)(H,32,39)(H,36,37)/t23-,26-/m0/s1. The average Bonchev–Trinajstić information content (AvgIpc) is 2.97. The van der Waals surface area contributed by atoms with Crippen LogP contribution in [0.15, 0.2) is 24.3 Å². The molecule has 0 unspecified atom stereocenters. The van der Waals surface area contributed by atoms with E-state index in [1.807, 2.05) is 12.1 Å². The van der Waals surface area contributed by atoms with Gasteiger partial charge in [0.15, 0.2) is 0 Å². The quantitative estimate of drug-likeness (QED) is 0.202. The van der Waals surface area contributed by atoms with E-state index in [-0.39, 0.29) is 25.0 Å². The number of aliphatic carboxylic acids is 1. The Balaban J connectivity index is 1.41. The van der Waals surface area contributed by atoms with Gasteiger partial charge >= 0.3 is 18.0 Å². The number of carboxylic acids is 1. The van der Waals surface area contributed by atoms with Gasteiger partial charge in [0.25, 0.3) is 0 Å². The number of piperazine rings is 1. The van der Waals surface area contributed by atoms with Crippen LogP contribution in [0.25, 0.3) is 0 Å². The Labute approximate surface area is 237 Å². The Kier molecular flexibility index (Phi) is 13.0. The first-order valence-corrected chi connectivity index (χ1v) is 14.6. The fraction of sp³-hybridized carbons (Fsp3) is 0.655. The van der Waals surface area contributed by atoms with E-state index in [4.69, 9.17) is 4.74 Å². The molecule has 0 saturated carbocycles. The smallest absolute Gasteiger partial charge is 0.327 e. The number of rotatable bonds is 14. The second-order valence-corrected chi connectivity index (χ2v) is 10.7. The largest absolute Gasteiger partial charge is 0.494 e. The van der Waals surface area contributed by atoms with Crippen LogP contribution in [-0.2, 0) is 9.59 Å². The number of nitrogens with zero attached hydrogens (tertiary/aromatic N) is 2. The van der Waals surface area contributed by atoms with Crippen molar-refractivity contribution in [1.82, 2.24) is 20.4 Å². The lowest BCUT2D eigenvalue weighted by atomic mass is 9.85. The normalized spacial score (nSPS) is 17.5. The Morgan fingerprint density at radius 1 is 1.00 bits per heavy atom. The molecule has 2 aliphatic rings. The summed E-state index contributed by atoms with van der Waals surface area (Å²) in [5.41, 5.74) is 0.651. The van der Waals surface area contributed by atoms with Crippen LogP contribution < -0.4 is 20.7 Å². The Morgan fingerprint density at radius 3 is 2.23 bits per heavy atom. The molecule has 4 amide bonds. The number of piperidine rings is 1.